The van der Waals surface area contributed by atoms with Crippen molar-refractivity contribution in [1.82, 2.24) is 5.32 Å². The number of methoxy groups -OCH3 is 1. The number of ether oxygens (including phenoxy) is 2. The minimum absolute atomic E-state index is 0.0689. The van der Waals surface area contributed by atoms with Crippen LogP contribution in [0.15, 0.2) is 29.8 Å². The third kappa shape index (κ3) is 6.08. The van der Waals surface area contributed by atoms with Crippen molar-refractivity contribution in [2.75, 3.05) is 12.3 Å². The molecular formula is C33H43N2O9-. The smallest absolute Gasteiger partial charge is 0.328 e. The summed E-state index contributed by atoms with van der Waals surface area (Å²) in [6.45, 7) is 4.60. The minimum atomic E-state index is -1.11. The normalized spacial score (nSPS) is 31.5. The van der Waals surface area contributed by atoms with Gasteiger partial charge in [-0.25, -0.2) is 4.79 Å². The quantitative estimate of drug-likeness (QED) is 0.276. The Hall–Kier alpha value is -3.44. The first kappa shape index (κ1) is 32.0. The molecule has 1 aromatic carbocycles. The van der Waals surface area contributed by atoms with Gasteiger partial charge in [0.1, 0.15) is 12.1 Å². The van der Waals surface area contributed by atoms with E-state index in [1.165, 1.54) is 24.8 Å². The van der Waals surface area contributed by atoms with Crippen molar-refractivity contribution in [2.45, 2.75) is 96.6 Å². The highest BCUT2D eigenvalue weighted by Crippen LogP contribution is 2.65. The molecule has 3 saturated carbocycles. The SMILES string of the molecule is COC(=O)[C@H](Cc1ccc([O-])c(N(O)O)c1)NC(=O)CCC(=O)O[C@H]1CC[C@H]2[C@@H]3CCC4=CC(=O)CC[C@]4(C)[C@H]3CC[C@]12C. The molecule has 240 valence electrons. The molecular weight excluding hydrogens is 568 g/mol. The molecule has 3 N–H and O–H groups in total. The summed E-state index contributed by atoms with van der Waals surface area (Å²) >= 11 is 0. The maximum Gasteiger partial charge on any atom is 0.328 e. The van der Waals surface area contributed by atoms with Gasteiger partial charge < -0.3 is 19.9 Å². The van der Waals surface area contributed by atoms with Crippen LogP contribution in [0.1, 0.15) is 83.6 Å². The number of benzene rings is 1. The molecule has 4 aliphatic carbocycles. The number of hydrogen-bond donors (Lipinski definition) is 3. The highest BCUT2D eigenvalue weighted by Gasteiger charge is 2.60. The van der Waals surface area contributed by atoms with E-state index in [1.807, 2.05) is 6.08 Å². The lowest BCUT2D eigenvalue weighted by molar-refractivity contribution is -0.268. The first-order valence-electron chi connectivity index (χ1n) is 15.6. The molecule has 0 unspecified atom stereocenters. The number of amides is 1. The zero-order valence-corrected chi connectivity index (χ0v) is 25.7. The van der Waals surface area contributed by atoms with Crippen molar-refractivity contribution in [2.24, 2.45) is 28.6 Å². The molecule has 4 aliphatic rings. The Morgan fingerprint density at radius 2 is 1.84 bits per heavy atom. The fourth-order valence-corrected chi connectivity index (χ4v) is 8.82. The average Bonchev–Trinajstić information content (AvgIpc) is 3.32. The molecule has 5 rings (SSSR count). The number of nitrogens with zero attached hydrogens (tertiary/aromatic N) is 1. The predicted octanol–water partition coefficient (Wildman–Crippen LogP) is 3.77. The number of ketones is 1. The highest BCUT2D eigenvalue weighted by atomic mass is 16.8. The first-order valence-corrected chi connectivity index (χ1v) is 15.6. The third-order valence-electron chi connectivity index (χ3n) is 11.2. The Morgan fingerprint density at radius 3 is 2.57 bits per heavy atom. The van der Waals surface area contributed by atoms with Crippen LogP contribution >= 0.6 is 0 Å². The monoisotopic (exact) mass is 611 g/mol. The van der Waals surface area contributed by atoms with Crippen LogP contribution in [0, 0.1) is 28.6 Å². The lowest BCUT2D eigenvalue weighted by Crippen LogP contribution is -2.51. The van der Waals surface area contributed by atoms with E-state index in [9.17, 15) is 34.7 Å². The summed E-state index contributed by atoms with van der Waals surface area (Å²) in [5, 5.41) is 32.6. The highest BCUT2D eigenvalue weighted by molar-refractivity contribution is 5.91. The van der Waals surface area contributed by atoms with Crippen LogP contribution in [0.4, 0.5) is 5.69 Å². The van der Waals surface area contributed by atoms with Gasteiger partial charge in [-0.3, -0.25) is 24.8 Å². The third-order valence-corrected chi connectivity index (χ3v) is 11.2. The van der Waals surface area contributed by atoms with Crippen LogP contribution in [-0.2, 0) is 35.1 Å². The number of fused-ring (bicyclic) bond motifs is 5. The van der Waals surface area contributed by atoms with Gasteiger partial charge in [-0.1, -0.05) is 37.3 Å². The van der Waals surface area contributed by atoms with Gasteiger partial charge in [-0.15, -0.1) is 5.23 Å². The van der Waals surface area contributed by atoms with Gasteiger partial charge in [0.2, 0.25) is 5.91 Å². The lowest BCUT2D eigenvalue weighted by Gasteiger charge is -2.57. The van der Waals surface area contributed by atoms with Crippen molar-refractivity contribution in [3.8, 4) is 5.75 Å². The van der Waals surface area contributed by atoms with E-state index in [1.54, 1.807) is 0 Å². The topological polar surface area (TPSA) is 166 Å². The molecule has 44 heavy (non-hydrogen) atoms. The summed E-state index contributed by atoms with van der Waals surface area (Å²) in [4.78, 5) is 50.2. The van der Waals surface area contributed by atoms with Crippen LogP contribution in [0.5, 0.6) is 5.75 Å². The molecule has 0 aromatic heterocycles. The van der Waals surface area contributed by atoms with Crippen molar-refractivity contribution >= 4 is 29.3 Å². The average molecular weight is 612 g/mol. The molecule has 1 aromatic rings. The minimum Gasteiger partial charge on any atom is -0.871 e. The second-order valence-electron chi connectivity index (χ2n) is 13.5. The second kappa shape index (κ2) is 12.5. The molecule has 0 aliphatic heterocycles. The van der Waals surface area contributed by atoms with E-state index in [0.29, 0.717) is 29.7 Å². The molecule has 0 spiro atoms. The Labute approximate surface area is 257 Å². The number of rotatable bonds is 9. The van der Waals surface area contributed by atoms with Crippen molar-refractivity contribution in [1.29, 1.82) is 0 Å². The van der Waals surface area contributed by atoms with E-state index in [-0.39, 0.29) is 47.2 Å². The van der Waals surface area contributed by atoms with Gasteiger partial charge >= 0.3 is 11.9 Å². The summed E-state index contributed by atoms with van der Waals surface area (Å²) in [6.07, 6.45) is 8.74. The van der Waals surface area contributed by atoms with Crippen LogP contribution in [0.2, 0.25) is 0 Å². The molecule has 0 bridgehead atoms. The summed E-state index contributed by atoms with van der Waals surface area (Å²) in [5.41, 5.74) is 1.29. The van der Waals surface area contributed by atoms with Crippen LogP contribution in [0.3, 0.4) is 0 Å². The van der Waals surface area contributed by atoms with Crippen molar-refractivity contribution < 1.29 is 44.2 Å². The maximum absolute atomic E-state index is 13.0. The number of carbonyl (C=O) groups is 4. The second-order valence-corrected chi connectivity index (χ2v) is 13.5. The summed E-state index contributed by atoms with van der Waals surface area (Å²) in [7, 11) is 1.18. The van der Waals surface area contributed by atoms with Crippen LogP contribution in [0.25, 0.3) is 0 Å². The number of nitrogens with one attached hydrogen (secondary N) is 1. The van der Waals surface area contributed by atoms with Gasteiger partial charge in [-0.2, -0.15) is 0 Å². The Kier molecular flexibility index (Phi) is 9.09. The number of hydrogen-bond acceptors (Lipinski definition) is 10. The summed E-state index contributed by atoms with van der Waals surface area (Å²) in [6, 6.07) is 2.62. The van der Waals surface area contributed by atoms with E-state index < -0.39 is 35.3 Å². The number of carbonyl (C=O) groups excluding carboxylic acids is 4. The molecule has 3 fully saturated rings. The first-order chi connectivity index (χ1) is 20.9. The maximum atomic E-state index is 13.0. The Morgan fingerprint density at radius 1 is 1.07 bits per heavy atom. The standard InChI is InChI=1S/C33H44N2O9/c1-32-14-12-21(36)18-20(32)5-6-22-23-7-9-28(33(23,2)15-13-24(22)32)44-30(39)11-10-29(38)34-25(31(40)43-3)16-19-4-8-27(37)26(17-19)35(41)42/h4,8,17-18,22-25,28,37,41-42H,5-7,9-16H2,1-3H3,(H,34,38)/p-1/t22-,23-,24-,25-,28-,32-,33-/m0/s1. The van der Waals surface area contributed by atoms with Crippen LogP contribution < -0.4 is 15.6 Å². The van der Waals surface area contributed by atoms with Gasteiger partial charge in [0.25, 0.3) is 0 Å². The molecule has 0 saturated heterocycles. The zero-order chi connectivity index (χ0) is 31.8. The Balaban J connectivity index is 1.15. The Bertz CT molecular complexity index is 1340. The fraction of sp³-hybridized carbons (Fsp3) is 0.636. The molecule has 11 heteroatoms. The van der Waals surface area contributed by atoms with E-state index in [4.69, 9.17) is 9.47 Å². The summed E-state index contributed by atoms with van der Waals surface area (Å²) in [5.74, 6) is -0.532. The predicted molar refractivity (Wildman–Crippen MR) is 155 cm³/mol. The summed E-state index contributed by atoms with van der Waals surface area (Å²) < 4.78 is 10.8. The van der Waals surface area contributed by atoms with E-state index in [0.717, 1.165) is 51.0 Å². The number of anilines is 1. The molecule has 1 amide bonds. The number of esters is 2. The fourth-order valence-electron chi connectivity index (χ4n) is 8.82. The number of allylic oxidation sites excluding steroid dienone is 1. The molecule has 7 atom stereocenters. The lowest BCUT2D eigenvalue weighted by atomic mass is 9.47. The van der Waals surface area contributed by atoms with Crippen molar-refractivity contribution in [3.63, 3.8) is 0 Å². The van der Waals surface area contributed by atoms with Gasteiger partial charge in [0.15, 0.2) is 5.78 Å². The molecule has 0 heterocycles. The molecule has 11 nitrogen and oxygen atoms in total. The van der Waals surface area contributed by atoms with Gasteiger partial charge in [0, 0.05) is 24.7 Å². The largest absolute Gasteiger partial charge is 0.871 e. The van der Waals surface area contributed by atoms with Gasteiger partial charge in [-0.05, 0) is 85.8 Å². The molecule has 0 radical (unpaired) electrons. The van der Waals surface area contributed by atoms with E-state index in [2.05, 4.69) is 19.2 Å². The zero-order valence-electron chi connectivity index (χ0n) is 25.7. The van der Waals surface area contributed by atoms with E-state index >= 15 is 0 Å². The van der Waals surface area contributed by atoms with Gasteiger partial charge in [0.05, 0.1) is 19.2 Å². The van der Waals surface area contributed by atoms with Crippen LogP contribution in [-0.4, -0.2) is 53.3 Å². The van der Waals surface area contributed by atoms with Crippen molar-refractivity contribution in [3.05, 3.63) is 35.4 Å².